The molecule has 0 bridgehead atoms. The van der Waals surface area contributed by atoms with Crippen molar-refractivity contribution in [2.75, 3.05) is 6.61 Å². The van der Waals surface area contributed by atoms with E-state index in [1.165, 1.54) is 11.8 Å². The minimum absolute atomic E-state index is 0.331. The highest BCUT2D eigenvalue weighted by Gasteiger charge is 2.39. The van der Waals surface area contributed by atoms with Gasteiger partial charge in [0.1, 0.15) is 0 Å². The molecule has 1 rings (SSSR count). The van der Waals surface area contributed by atoms with Crippen molar-refractivity contribution in [3.05, 3.63) is 10.0 Å². The van der Waals surface area contributed by atoms with Crippen LogP contribution in [-0.4, -0.2) is 17.6 Å². The summed E-state index contributed by atoms with van der Waals surface area (Å²) in [7, 11) is 0. The highest BCUT2D eigenvalue weighted by atomic mass is 79.9. The molecule has 1 aliphatic heterocycles. The van der Waals surface area contributed by atoms with E-state index in [1.807, 2.05) is 0 Å². The Morgan fingerprint density at radius 3 is 3.08 bits per heavy atom. The average Bonchev–Trinajstić information content (AvgIpc) is 2.33. The molecule has 1 unspecified atom stereocenters. The maximum absolute atomic E-state index is 11.2. The molecule has 0 saturated heterocycles. The third kappa shape index (κ3) is 1.94. The third-order valence-electron chi connectivity index (χ3n) is 1.24. The van der Waals surface area contributed by atoms with Crippen molar-refractivity contribution in [2.24, 2.45) is 5.73 Å². The number of halogens is 1. The van der Waals surface area contributed by atoms with Crippen LogP contribution in [0.15, 0.2) is 10.0 Å². The Kier molecular flexibility index (Phi) is 3.03. The number of carbonyl (C=O) groups excluding carboxylic acids is 1. The van der Waals surface area contributed by atoms with E-state index in [-0.39, 0.29) is 0 Å². The molecule has 1 heterocycles. The highest BCUT2D eigenvalue weighted by Crippen LogP contribution is 2.35. The number of esters is 1. The topological polar surface area (TPSA) is 64.3 Å². The predicted molar refractivity (Wildman–Crippen MR) is 51.3 cm³/mol. The van der Waals surface area contributed by atoms with Crippen LogP contribution in [-0.2, 0) is 9.53 Å². The summed E-state index contributed by atoms with van der Waals surface area (Å²) in [6.07, 6.45) is 1.63. The fourth-order valence-electron chi connectivity index (χ4n) is 0.716. The Bertz CT molecular complexity index is 234. The zero-order valence-corrected chi connectivity index (χ0v) is 8.87. The summed E-state index contributed by atoms with van der Waals surface area (Å²) >= 11 is 4.39. The third-order valence-corrected chi connectivity index (χ3v) is 2.87. The Balaban J connectivity index is 2.57. The summed E-state index contributed by atoms with van der Waals surface area (Å²) in [5, 5.41) is 2.72. The molecule has 0 aromatic heterocycles. The van der Waals surface area contributed by atoms with Gasteiger partial charge >= 0.3 is 5.97 Å². The standard InChI is InChI=1S/C6H9BrN2O2S/c1-2-11-5(10)6(8)9-3-4(7)12-6/h3,9H,2,8H2,1H3. The molecule has 12 heavy (non-hydrogen) atoms. The van der Waals surface area contributed by atoms with E-state index < -0.39 is 11.0 Å². The van der Waals surface area contributed by atoms with Gasteiger partial charge in [-0.25, -0.2) is 4.79 Å². The van der Waals surface area contributed by atoms with Crippen LogP contribution in [0.1, 0.15) is 6.92 Å². The Morgan fingerprint density at radius 1 is 2.00 bits per heavy atom. The second kappa shape index (κ2) is 3.68. The smallest absolute Gasteiger partial charge is 0.358 e. The van der Waals surface area contributed by atoms with E-state index in [0.29, 0.717) is 6.61 Å². The zero-order valence-electron chi connectivity index (χ0n) is 6.46. The molecule has 68 valence electrons. The fourth-order valence-corrected chi connectivity index (χ4v) is 2.28. The van der Waals surface area contributed by atoms with Crippen molar-refractivity contribution in [3.63, 3.8) is 0 Å². The molecule has 0 aromatic carbocycles. The molecule has 0 aliphatic carbocycles. The van der Waals surface area contributed by atoms with Crippen LogP contribution in [0, 0.1) is 0 Å². The molecule has 0 saturated carbocycles. The Labute approximate surface area is 83.0 Å². The van der Waals surface area contributed by atoms with Gasteiger partial charge in [-0.3, -0.25) is 5.73 Å². The summed E-state index contributed by atoms with van der Waals surface area (Å²) in [5.41, 5.74) is 5.67. The maximum atomic E-state index is 11.2. The van der Waals surface area contributed by atoms with Gasteiger partial charge in [-0.15, -0.1) is 0 Å². The van der Waals surface area contributed by atoms with Crippen molar-refractivity contribution in [1.82, 2.24) is 5.32 Å². The lowest BCUT2D eigenvalue weighted by Crippen LogP contribution is -2.53. The van der Waals surface area contributed by atoms with Gasteiger partial charge in [0.2, 0.25) is 4.99 Å². The molecule has 4 nitrogen and oxygen atoms in total. The summed E-state index contributed by atoms with van der Waals surface area (Å²) in [5.74, 6) is -0.458. The van der Waals surface area contributed by atoms with Gasteiger partial charge in [0, 0.05) is 6.20 Å². The fraction of sp³-hybridized carbons (Fsp3) is 0.500. The van der Waals surface area contributed by atoms with Crippen LogP contribution in [0.4, 0.5) is 0 Å². The second-order valence-corrected chi connectivity index (χ2v) is 4.82. The van der Waals surface area contributed by atoms with Gasteiger partial charge in [-0.05, 0) is 22.9 Å². The number of nitrogens with two attached hydrogens (primary N) is 1. The normalized spacial score (nSPS) is 27.8. The lowest BCUT2D eigenvalue weighted by molar-refractivity contribution is -0.146. The van der Waals surface area contributed by atoms with Gasteiger partial charge in [0.25, 0.3) is 0 Å². The summed E-state index contributed by atoms with van der Waals surface area (Å²) < 4.78 is 5.57. The van der Waals surface area contributed by atoms with Crippen LogP contribution in [0.25, 0.3) is 0 Å². The van der Waals surface area contributed by atoms with Crippen LogP contribution in [0.2, 0.25) is 0 Å². The summed E-state index contributed by atoms with van der Waals surface area (Å²) in [6.45, 7) is 2.07. The number of carbonyl (C=O) groups is 1. The van der Waals surface area contributed by atoms with Crippen LogP contribution < -0.4 is 11.1 Å². The lowest BCUT2D eigenvalue weighted by atomic mass is 10.5. The molecule has 0 amide bonds. The molecule has 6 heteroatoms. The molecule has 0 spiro atoms. The first-order chi connectivity index (χ1) is 5.58. The number of thioether (sulfide) groups is 1. The van der Waals surface area contributed by atoms with Crippen molar-refractivity contribution in [1.29, 1.82) is 0 Å². The Morgan fingerprint density at radius 2 is 2.67 bits per heavy atom. The number of hydrogen-bond donors (Lipinski definition) is 2. The maximum Gasteiger partial charge on any atom is 0.358 e. The largest absolute Gasteiger partial charge is 0.463 e. The van der Waals surface area contributed by atoms with E-state index in [9.17, 15) is 4.79 Å². The van der Waals surface area contributed by atoms with Crippen LogP contribution in [0.5, 0.6) is 0 Å². The molecular formula is C6H9BrN2O2S. The van der Waals surface area contributed by atoms with E-state index in [0.717, 1.165) is 3.81 Å². The highest BCUT2D eigenvalue weighted by molar-refractivity contribution is 9.14. The van der Waals surface area contributed by atoms with Gasteiger partial charge in [0.15, 0.2) is 0 Å². The van der Waals surface area contributed by atoms with E-state index in [1.54, 1.807) is 13.1 Å². The second-order valence-electron chi connectivity index (χ2n) is 2.15. The monoisotopic (exact) mass is 252 g/mol. The summed E-state index contributed by atoms with van der Waals surface area (Å²) in [4.78, 5) is 10.1. The number of ether oxygens (including phenoxy) is 1. The quantitative estimate of drug-likeness (QED) is 0.709. The first kappa shape index (κ1) is 9.88. The van der Waals surface area contributed by atoms with Gasteiger partial charge < -0.3 is 10.1 Å². The first-order valence-corrected chi connectivity index (χ1v) is 4.98. The van der Waals surface area contributed by atoms with Gasteiger partial charge in [-0.2, -0.15) is 0 Å². The van der Waals surface area contributed by atoms with Crippen molar-refractivity contribution in [3.8, 4) is 0 Å². The van der Waals surface area contributed by atoms with Crippen LogP contribution >= 0.6 is 27.7 Å². The first-order valence-electron chi connectivity index (χ1n) is 3.37. The molecule has 1 atom stereocenters. The lowest BCUT2D eigenvalue weighted by Gasteiger charge is -2.20. The number of hydrogen-bond acceptors (Lipinski definition) is 5. The molecule has 3 N–H and O–H groups in total. The summed E-state index contributed by atoms with van der Waals surface area (Å²) in [6, 6.07) is 0. The van der Waals surface area contributed by atoms with Gasteiger partial charge in [0.05, 0.1) is 10.4 Å². The predicted octanol–water partition coefficient (Wildman–Crippen LogP) is 0.692. The zero-order chi connectivity index (χ0) is 9.19. The Hall–Kier alpha value is -0.200. The van der Waals surface area contributed by atoms with E-state index in [4.69, 9.17) is 10.5 Å². The molecule has 0 fully saturated rings. The van der Waals surface area contributed by atoms with E-state index in [2.05, 4.69) is 21.2 Å². The molecular weight excluding hydrogens is 244 g/mol. The van der Waals surface area contributed by atoms with Crippen molar-refractivity contribution in [2.45, 2.75) is 11.9 Å². The SMILES string of the molecule is CCOC(=O)C1(N)NC=C(Br)S1. The molecule has 0 aromatic rings. The minimum Gasteiger partial charge on any atom is -0.463 e. The molecule has 1 aliphatic rings. The van der Waals surface area contributed by atoms with Crippen molar-refractivity contribution < 1.29 is 9.53 Å². The number of rotatable bonds is 2. The number of nitrogens with one attached hydrogen (secondary N) is 1. The van der Waals surface area contributed by atoms with Crippen LogP contribution in [0.3, 0.4) is 0 Å². The van der Waals surface area contributed by atoms with Crippen molar-refractivity contribution >= 4 is 33.7 Å². The van der Waals surface area contributed by atoms with E-state index >= 15 is 0 Å². The molecule has 0 radical (unpaired) electrons. The van der Waals surface area contributed by atoms with Gasteiger partial charge in [-0.1, -0.05) is 11.8 Å². The minimum atomic E-state index is -1.16. The average molecular weight is 253 g/mol.